The third kappa shape index (κ3) is 3.64. The first-order valence-corrected chi connectivity index (χ1v) is 8.66. The molecule has 0 aliphatic carbocycles. The van der Waals surface area contributed by atoms with Gasteiger partial charge in [-0.2, -0.15) is 5.26 Å². The molecule has 0 saturated carbocycles. The van der Waals surface area contributed by atoms with Crippen LogP contribution < -0.4 is 5.56 Å². The van der Waals surface area contributed by atoms with E-state index < -0.39 is 5.56 Å². The molecule has 1 saturated heterocycles. The van der Waals surface area contributed by atoms with E-state index >= 15 is 0 Å². The molecule has 2 heterocycles. The zero-order valence-electron chi connectivity index (χ0n) is 14.6. The number of hydrogen-bond donors (Lipinski definition) is 1. The molecule has 1 unspecified atom stereocenters. The van der Waals surface area contributed by atoms with Crippen molar-refractivity contribution in [1.82, 2.24) is 9.88 Å². The molecule has 25 heavy (non-hydrogen) atoms. The molecule has 1 aromatic heterocycles. The minimum atomic E-state index is -0.404. The Bertz CT molecular complexity index is 881. The first-order chi connectivity index (χ1) is 12.0. The molecule has 2 aromatic rings. The van der Waals surface area contributed by atoms with Crippen LogP contribution >= 0.6 is 0 Å². The van der Waals surface area contributed by atoms with E-state index in [1.165, 1.54) is 18.6 Å². The number of likely N-dealkylation sites (tertiary alicyclic amines) is 1. The van der Waals surface area contributed by atoms with E-state index in [2.05, 4.69) is 16.8 Å². The number of nitrogens with one attached hydrogen (secondary N) is 1. The highest BCUT2D eigenvalue weighted by Crippen LogP contribution is 2.29. The van der Waals surface area contributed by atoms with Crippen molar-refractivity contribution in [2.24, 2.45) is 0 Å². The molecule has 1 fully saturated rings. The lowest BCUT2D eigenvalue weighted by molar-refractivity contribution is 0.152. The van der Waals surface area contributed by atoms with E-state index in [1.807, 2.05) is 6.07 Å². The van der Waals surface area contributed by atoms with Crippen LogP contribution in [0.25, 0.3) is 11.1 Å². The molecule has 5 heteroatoms. The molecule has 0 radical (unpaired) electrons. The Morgan fingerprint density at radius 3 is 2.84 bits per heavy atom. The molecule has 1 aliphatic heterocycles. The van der Waals surface area contributed by atoms with Crippen molar-refractivity contribution in [1.29, 1.82) is 5.26 Å². The highest BCUT2D eigenvalue weighted by atomic mass is 19.1. The number of aromatic amines is 1. The molecule has 1 atom stereocenters. The Hall–Kier alpha value is -2.45. The van der Waals surface area contributed by atoms with Gasteiger partial charge >= 0.3 is 0 Å². The third-order valence-electron chi connectivity index (χ3n) is 4.95. The molecule has 0 amide bonds. The molecular weight excluding hydrogens is 317 g/mol. The van der Waals surface area contributed by atoms with Gasteiger partial charge in [0.15, 0.2) is 0 Å². The molecule has 1 aromatic carbocycles. The fraction of sp³-hybridized carbons (Fsp3) is 0.400. The van der Waals surface area contributed by atoms with Gasteiger partial charge in [-0.25, -0.2) is 4.39 Å². The lowest BCUT2D eigenvalue weighted by atomic mass is 9.94. The maximum absolute atomic E-state index is 13.9. The summed E-state index contributed by atoms with van der Waals surface area (Å²) in [5, 5.41) is 9.41. The van der Waals surface area contributed by atoms with Gasteiger partial charge in [0.1, 0.15) is 17.4 Å². The van der Waals surface area contributed by atoms with Crippen LogP contribution in [0.4, 0.5) is 4.39 Å². The fourth-order valence-electron chi connectivity index (χ4n) is 3.58. The summed E-state index contributed by atoms with van der Waals surface area (Å²) in [5.74, 6) is -0.302. The van der Waals surface area contributed by atoms with Crippen LogP contribution in [0.15, 0.2) is 29.1 Å². The van der Waals surface area contributed by atoms with Crippen molar-refractivity contribution in [3.8, 4) is 17.2 Å². The van der Waals surface area contributed by atoms with Crippen molar-refractivity contribution < 1.29 is 4.39 Å². The topological polar surface area (TPSA) is 59.9 Å². The van der Waals surface area contributed by atoms with Crippen molar-refractivity contribution in [3.63, 3.8) is 0 Å². The number of benzene rings is 1. The Morgan fingerprint density at radius 2 is 2.12 bits per heavy atom. The fourth-order valence-corrected chi connectivity index (χ4v) is 3.58. The predicted octanol–water partition coefficient (Wildman–Crippen LogP) is 3.74. The van der Waals surface area contributed by atoms with Gasteiger partial charge < -0.3 is 4.98 Å². The van der Waals surface area contributed by atoms with Gasteiger partial charge in [0.05, 0.1) is 0 Å². The number of rotatable bonds is 3. The summed E-state index contributed by atoms with van der Waals surface area (Å²) in [6.07, 6.45) is 3.50. The number of nitrogens with zero attached hydrogens (tertiary/aromatic N) is 2. The standard InChI is InChI=1S/C20H22FN3O/c1-13-9-18(19(11-22)20(25)23-13)17-7-6-16(21)10-15(17)12-24-8-4-3-5-14(24)2/h6-7,9-10,14H,3-5,8,12H2,1-2H3,(H,23,25). The van der Waals surface area contributed by atoms with Gasteiger partial charge in [-0.05, 0) is 62.6 Å². The van der Waals surface area contributed by atoms with Crippen LogP contribution in [-0.2, 0) is 6.54 Å². The summed E-state index contributed by atoms with van der Waals surface area (Å²) in [5.41, 5.74) is 2.49. The van der Waals surface area contributed by atoms with Gasteiger partial charge in [-0.3, -0.25) is 9.69 Å². The highest BCUT2D eigenvalue weighted by molar-refractivity contribution is 5.73. The molecule has 3 rings (SSSR count). The van der Waals surface area contributed by atoms with Gasteiger partial charge in [-0.1, -0.05) is 12.5 Å². The second-order valence-corrected chi connectivity index (χ2v) is 6.80. The van der Waals surface area contributed by atoms with E-state index in [9.17, 15) is 14.4 Å². The Morgan fingerprint density at radius 1 is 1.32 bits per heavy atom. The van der Waals surface area contributed by atoms with Gasteiger partial charge in [0.25, 0.3) is 5.56 Å². The summed E-state index contributed by atoms with van der Waals surface area (Å²) in [7, 11) is 0. The minimum Gasteiger partial charge on any atom is -0.325 e. The van der Waals surface area contributed by atoms with Gasteiger partial charge in [-0.15, -0.1) is 0 Å². The first kappa shape index (κ1) is 17.4. The van der Waals surface area contributed by atoms with Gasteiger partial charge in [0.2, 0.25) is 0 Å². The summed E-state index contributed by atoms with van der Waals surface area (Å²) >= 11 is 0. The second-order valence-electron chi connectivity index (χ2n) is 6.80. The highest BCUT2D eigenvalue weighted by Gasteiger charge is 2.21. The molecule has 0 spiro atoms. The van der Waals surface area contributed by atoms with Gasteiger partial charge in [0, 0.05) is 23.8 Å². The third-order valence-corrected chi connectivity index (χ3v) is 4.95. The van der Waals surface area contributed by atoms with Crippen LogP contribution in [0.2, 0.25) is 0 Å². The lowest BCUT2D eigenvalue weighted by Gasteiger charge is -2.33. The number of aryl methyl sites for hydroxylation is 1. The first-order valence-electron chi connectivity index (χ1n) is 8.66. The molecule has 1 N–H and O–H groups in total. The molecule has 1 aliphatic rings. The number of piperidine rings is 1. The van der Waals surface area contributed by atoms with Crippen molar-refractivity contribution in [2.45, 2.75) is 45.7 Å². The molecular formula is C20H22FN3O. The smallest absolute Gasteiger partial charge is 0.266 e. The minimum absolute atomic E-state index is 0.0742. The van der Waals surface area contributed by atoms with E-state index in [4.69, 9.17) is 0 Å². The number of hydrogen-bond acceptors (Lipinski definition) is 3. The van der Waals surface area contributed by atoms with E-state index in [0.717, 1.165) is 30.5 Å². The Kier molecular flexibility index (Phi) is 5.00. The van der Waals surface area contributed by atoms with Crippen LogP contribution in [0.1, 0.15) is 43.0 Å². The number of halogens is 1. The maximum atomic E-state index is 13.9. The number of H-pyrrole nitrogens is 1. The summed E-state index contributed by atoms with van der Waals surface area (Å²) in [4.78, 5) is 17.1. The Balaban J connectivity index is 2.09. The zero-order chi connectivity index (χ0) is 18.0. The molecule has 130 valence electrons. The monoisotopic (exact) mass is 339 g/mol. The SMILES string of the molecule is Cc1cc(-c2ccc(F)cc2CN2CCCCC2C)c(C#N)c(=O)[nH]1. The van der Waals surface area contributed by atoms with Crippen molar-refractivity contribution in [2.75, 3.05) is 6.54 Å². The average Bonchev–Trinajstić information content (AvgIpc) is 2.56. The van der Waals surface area contributed by atoms with Crippen molar-refractivity contribution in [3.05, 3.63) is 57.3 Å². The van der Waals surface area contributed by atoms with Crippen molar-refractivity contribution >= 4 is 0 Å². The zero-order valence-corrected chi connectivity index (χ0v) is 14.6. The van der Waals surface area contributed by atoms with Crippen LogP contribution in [-0.4, -0.2) is 22.5 Å². The summed E-state index contributed by atoms with van der Waals surface area (Å²) in [6, 6.07) is 8.81. The maximum Gasteiger partial charge on any atom is 0.266 e. The number of aromatic nitrogens is 1. The van der Waals surface area contributed by atoms with Crippen LogP contribution in [0.3, 0.4) is 0 Å². The largest absolute Gasteiger partial charge is 0.325 e. The summed E-state index contributed by atoms with van der Waals surface area (Å²) in [6.45, 7) is 5.57. The Labute approximate surface area is 146 Å². The molecule has 4 nitrogen and oxygen atoms in total. The molecule has 0 bridgehead atoms. The van der Waals surface area contributed by atoms with E-state index in [0.29, 0.717) is 23.8 Å². The van der Waals surface area contributed by atoms with Crippen LogP contribution in [0.5, 0.6) is 0 Å². The lowest BCUT2D eigenvalue weighted by Crippen LogP contribution is -2.36. The second kappa shape index (κ2) is 7.20. The van der Waals surface area contributed by atoms with E-state index in [-0.39, 0.29) is 11.4 Å². The predicted molar refractivity (Wildman–Crippen MR) is 95.6 cm³/mol. The average molecular weight is 339 g/mol. The number of pyridine rings is 1. The summed E-state index contributed by atoms with van der Waals surface area (Å²) < 4.78 is 13.9. The quantitative estimate of drug-likeness (QED) is 0.927. The van der Waals surface area contributed by atoms with E-state index in [1.54, 1.807) is 19.1 Å². The van der Waals surface area contributed by atoms with Crippen LogP contribution in [0, 0.1) is 24.1 Å². The number of nitriles is 1. The normalized spacial score (nSPS) is 18.1.